The Hall–Kier alpha value is -3.64. The third kappa shape index (κ3) is 4.75. The molecule has 1 fully saturated rings. The molecule has 31 heavy (non-hydrogen) atoms. The van der Waals surface area contributed by atoms with Crippen LogP contribution in [-0.4, -0.2) is 36.0 Å². The molecule has 0 radical (unpaired) electrons. The molecule has 1 heterocycles. The third-order valence-electron chi connectivity index (χ3n) is 5.02. The van der Waals surface area contributed by atoms with Crippen molar-refractivity contribution in [1.82, 2.24) is 10.2 Å². The molecule has 0 aromatic heterocycles. The normalized spacial score (nSPS) is 14.3. The molecule has 0 saturated carbocycles. The van der Waals surface area contributed by atoms with Gasteiger partial charge in [-0.15, -0.1) is 0 Å². The summed E-state index contributed by atoms with van der Waals surface area (Å²) in [6, 6.07) is 23.2. The van der Waals surface area contributed by atoms with E-state index in [2.05, 4.69) is 5.32 Å². The maximum Gasteiger partial charge on any atom is 0.417 e. The van der Waals surface area contributed by atoms with Crippen molar-refractivity contribution in [2.75, 3.05) is 13.2 Å². The summed E-state index contributed by atoms with van der Waals surface area (Å²) in [6.45, 7) is -0.284. The van der Waals surface area contributed by atoms with Crippen molar-refractivity contribution in [1.29, 1.82) is 0 Å². The Morgan fingerprint density at radius 2 is 1.71 bits per heavy atom. The lowest BCUT2D eigenvalue weighted by Crippen LogP contribution is -2.40. The van der Waals surface area contributed by atoms with E-state index in [1.54, 1.807) is 18.2 Å². The van der Waals surface area contributed by atoms with Crippen LogP contribution in [0.4, 0.5) is 4.79 Å². The highest BCUT2D eigenvalue weighted by Crippen LogP contribution is 2.24. The molecule has 3 aromatic rings. The van der Waals surface area contributed by atoms with Crippen LogP contribution in [0.1, 0.15) is 22.0 Å². The van der Waals surface area contributed by atoms with E-state index in [0.717, 1.165) is 21.6 Å². The fraction of sp³-hybridized carbons (Fsp3) is 0.125. The molecule has 1 aliphatic rings. The number of imide groups is 1. The Labute approximate surface area is 184 Å². The molecule has 1 saturated heterocycles. The molecule has 156 valence electrons. The molecule has 1 N–H and O–H groups in total. The van der Waals surface area contributed by atoms with Crippen LogP contribution in [0.2, 0.25) is 5.02 Å². The van der Waals surface area contributed by atoms with Crippen molar-refractivity contribution < 1.29 is 19.1 Å². The number of nitrogens with zero attached hydrogens (tertiary/aromatic N) is 1. The van der Waals surface area contributed by atoms with Crippen molar-refractivity contribution in [3.05, 3.63) is 95.0 Å². The number of carbonyl (C=O) groups excluding carboxylic acids is 3. The first kappa shape index (κ1) is 20.6. The van der Waals surface area contributed by atoms with Gasteiger partial charge < -0.3 is 10.1 Å². The minimum absolute atomic E-state index is 0.00593. The van der Waals surface area contributed by atoms with Crippen molar-refractivity contribution in [3.8, 4) is 11.1 Å². The minimum Gasteiger partial charge on any atom is -0.439 e. The first-order valence-corrected chi connectivity index (χ1v) is 10.1. The summed E-state index contributed by atoms with van der Waals surface area (Å²) >= 11 is 6.06. The Bertz CT molecular complexity index is 1100. The number of hydrogen-bond donors (Lipinski definition) is 1. The molecule has 1 aliphatic heterocycles. The number of amides is 3. The van der Waals surface area contributed by atoms with Crippen molar-refractivity contribution in [2.45, 2.75) is 6.04 Å². The third-order valence-corrected chi connectivity index (χ3v) is 5.25. The van der Waals surface area contributed by atoms with E-state index in [9.17, 15) is 14.4 Å². The largest absolute Gasteiger partial charge is 0.439 e. The van der Waals surface area contributed by atoms with Crippen molar-refractivity contribution in [3.63, 3.8) is 0 Å². The van der Waals surface area contributed by atoms with Gasteiger partial charge in [-0.25, -0.2) is 9.69 Å². The standard InChI is InChI=1S/C24H19ClN2O4/c25-20-8-4-7-19(13-20)16-9-11-18(12-10-16)23(29)26-21(17-5-2-1-3-6-17)14-27-22(28)15-31-24(27)30/h1-13,21H,14-15H2,(H,26,29). The summed E-state index contributed by atoms with van der Waals surface area (Å²) in [6.07, 6.45) is -0.703. The highest BCUT2D eigenvalue weighted by atomic mass is 35.5. The zero-order valence-electron chi connectivity index (χ0n) is 16.5. The van der Waals surface area contributed by atoms with Gasteiger partial charge in [-0.05, 0) is 41.0 Å². The van der Waals surface area contributed by atoms with Gasteiger partial charge in [0.15, 0.2) is 6.61 Å². The number of cyclic esters (lactones) is 1. The molecule has 1 unspecified atom stereocenters. The summed E-state index contributed by atoms with van der Waals surface area (Å²) in [7, 11) is 0. The Balaban J connectivity index is 1.53. The topological polar surface area (TPSA) is 75.7 Å². The quantitative estimate of drug-likeness (QED) is 0.621. The van der Waals surface area contributed by atoms with Crippen LogP contribution in [0.5, 0.6) is 0 Å². The van der Waals surface area contributed by atoms with E-state index >= 15 is 0 Å². The first-order chi connectivity index (χ1) is 15.0. The number of ether oxygens (including phenoxy) is 1. The van der Waals surface area contributed by atoms with E-state index in [1.807, 2.05) is 60.7 Å². The lowest BCUT2D eigenvalue weighted by molar-refractivity contribution is -0.126. The van der Waals surface area contributed by atoms with Crippen molar-refractivity contribution in [2.24, 2.45) is 0 Å². The van der Waals surface area contributed by atoms with Crippen LogP contribution >= 0.6 is 11.6 Å². The molecule has 1 atom stereocenters. The highest BCUT2D eigenvalue weighted by molar-refractivity contribution is 6.30. The van der Waals surface area contributed by atoms with Crippen LogP contribution in [0.15, 0.2) is 78.9 Å². The lowest BCUT2D eigenvalue weighted by atomic mass is 10.0. The average Bonchev–Trinajstić information content (AvgIpc) is 3.11. The maximum atomic E-state index is 12.9. The van der Waals surface area contributed by atoms with Gasteiger partial charge in [0.05, 0.1) is 12.6 Å². The van der Waals surface area contributed by atoms with E-state index in [1.165, 1.54) is 0 Å². The fourth-order valence-corrected chi connectivity index (χ4v) is 3.57. The van der Waals surface area contributed by atoms with Gasteiger partial charge in [0.1, 0.15) is 0 Å². The van der Waals surface area contributed by atoms with E-state index in [4.69, 9.17) is 16.3 Å². The lowest BCUT2D eigenvalue weighted by Gasteiger charge is -2.23. The molecule has 3 aromatic carbocycles. The molecular formula is C24H19ClN2O4. The Morgan fingerprint density at radius 3 is 2.35 bits per heavy atom. The number of halogens is 1. The second kappa shape index (κ2) is 9.02. The van der Waals surface area contributed by atoms with Gasteiger partial charge >= 0.3 is 6.09 Å². The molecule has 7 heteroatoms. The predicted molar refractivity (Wildman–Crippen MR) is 117 cm³/mol. The molecule has 3 amide bonds. The Morgan fingerprint density at radius 1 is 0.968 bits per heavy atom. The summed E-state index contributed by atoms with van der Waals surface area (Å²) in [5.41, 5.74) is 3.12. The number of nitrogens with one attached hydrogen (secondary N) is 1. The highest BCUT2D eigenvalue weighted by Gasteiger charge is 2.33. The number of rotatable bonds is 6. The van der Waals surface area contributed by atoms with E-state index in [-0.39, 0.29) is 19.1 Å². The smallest absolute Gasteiger partial charge is 0.417 e. The molecule has 0 spiro atoms. The summed E-state index contributed by atoms with van der Waals surface area (Å²) < 4.78 is 4.78. The van der Waals surface area contributed by atoms with Gasteiger partial charge in [-0.2, -0.15) is 0 Å². The number of hydrogen-bond acceptors (Lipinski definition) is 4. The molecule has 4 rings (SSSR count). The second-order valence-electron chi connectivity index (χ2n) is 7.08. The van der Waals surface area contributed by atoms with E-state index < -0.39 is 18.0 Å². The number of benzene rings is 3. The first-order valence-electron chi connectivity index (χ1n) is 9.70. The zero-order chi connectivity index (χ0) is 21.8. The van der Waals surface area contributed by atoms with Crippen LogP contribution < -0.4 is 5.32 Å². The molecular weight excluding hydrogens is 416 g/mol. The predicted octanol–water partition coefficient (Wildman–Crippen LogP) is 4.46. The van der Waals surface area contributed by atoms with Crippen LogP contribution in [0, 0.1) is 0 Å². The van der Waals surface area contributed by atoms with Gasteiger partial charge in [0, 0.05) is 10.6 Å². The second-order valence-corrected chi connectivity index (χ2v) is 7.52. The maximum absolute atomic E-state index is 12.9. The monoisotopic (exact) mass is 434 g/mol. The summed E-state index contributed by atoms with van der Waals surface area (Å²) in [5.74, 6) is -0.738. The van der Waals surface area contributed by atoms with Gasteiger partial charge in [0.25, 0.3) is 11.8 Å². The van der Waals surface area contributed by atoms with Gasteiger partial charge in [-0.1, -0.05) is 66.2 Å². The van der Waals surface area contributed by atoms with Crippen LogP contribution in [-0.2, 0) is 9.53 Å². The average molecular weight is 435 g/mol. The minimum atomic E-state index is -0.703. The van der Waals surface area contributed by atoms with Crippen molar-refractivity contribution >= 4 is 29.5 Å². The van der Waals surface area contributed by atoms with Gasteiger partial charge in [0.2, 0.25) is 0 Å². The SMILES string of the molecule is O=C(NC(CN1C(=O)COC1=O)c1ccccc1)c1ccc(-c2cccc(Cl)c2)cc1. The molecule has 0 aliphatic carbocycles. The van der Waals surface area contributed by atoms with E-state index in [0.29, 0.717) is 10.6 Å². The van der Waals surface area contributed by atoms with Crippen LogP contribution in [0.25, 0.3) is 11.1 Å². The molecule has 6 nitrogen and oxygen atoms in total. The zero-order valence-corrected chi connectivity index (χ0v) is 17.2. The van der Waals surface area contributed by atoms with Crippen LogP contribution in [0.3, 0.4) is 0 Å². The molecule has 0 bridgehead atoms. The summed E-state index contributed by atoms with van der Waals surface area (Å²) in [5, 5.41) is 3.56. The number of carbonyl (C=O) groups is 3. The fourth-order valence-electron chi connectivity index (χ4n) is 3.38. The van der Waals surface area contributed by atoms with Gasteiger partial charge in [-0.3, -0.25) is 9.59 Å². The Kier molecular flexibility index (Phi) is 6.00. The summed E-state index contributed by atoms with van der Waals surface area (Å²) in [4.78, 5) is 37.8.